The normalized spacial score (nSPS) is 10.2. The maximum atomic E-state index is 12.3. The number of carbonyl (C=O) groups excluding carboxylic acids is 2. The van der Waals surface area contributed by atoms with Gasteiger partial charge in [-0.05, 0) is 36.3 Å². The zero-order valence-electron chi connectivity index (χ0n) is 22.9. The molecule has 41 heavy (non-hydrogen) atoms. The number of rotatable bonds is 8. The largest absolute Gasteiger partial charge is 1.00 e. The number of aromatic hydroxyl groups is 1. The van der Waals surface area contributed by atoms with Gasteiger partial charge in [-0.2, -0.15) is 0 Å². The van der Waals surface area contributed by atoms with Gasteiger partial charge in [0.15, 0.2) is 5.78 Å². The third kappa shape index (κ3) is 9.01. The van der Waals surface area contributed by atoms with Crippen LogP contribution in [0.2, 0.25) is 10.0 Å². The predicted molar refractivity (Wildman–Crippen MR) is 156 cm³/mol. The number of methoxy groups -OCH3 is 2. The molecule has 4 aromatic carbocycles. The van der Waals surface area contributed by atoms with Crippen LogP contribution >= 0.6 is 23.2 Å². The summed E-state index contributed by atoms with van der Waals surface area (Å²) in [5, 5.41) is 24.8. The van der Waals surface area contributed by atoms with E-state index in [9.17, 15) is 19.8 Å². The van der Waals surface area contributed by atoms with Crippen molar-refractivity contribution in [3.05, 3.63) is 117 Å². The first-order chi connectivity index (χ1) is 19.2. The van der Waals surface area contributed by atoms with Gasteiger partial charge in [0.25, 0.3) is 0 Å². The van der Waals surface area contributed by atoms with Crippen LogP contribution in [0, 0.1) is 6.92 Å². The molecule has 0 heterocycles. The molecule has 0 spiro atoms. The Hall–Kier alpha value is -3.46. The minimum atomic E-state index is -1.26. The number of hydrogen-bond donors (Lipinski definition) is 2. The van der Waals surface area contributed by atoms with Crippen LogP contribution in [0.15, 0.2) is 84.9 Å². The maximum Gasteiger partial charge on any atom is 1.00 e. The molecule has 0 radical (unpaired) electrons. The Balaban J connectivity index is 0.000000281. The van der Waals surface area contributed by atoms with Crippen LogP contribution in [0.4, 0.5) is 11.4 Å². The molecule has 10 heteroatoms. The second-order valence-electron chi connectivity index (χ2n) is 8.34. The number of carboxylic acid groups (broad SMARTS) is 1. The van der Waals surface area contributed by atoms with Crippen molar-refractivity contribution >= 4 is 52.4 Å². The van der Waals surface area contributed by atoms with E-state index >= 15 is 0 Å². The Bertz CT molecular complexity index is 1540. The summed E-state index contributed by atoms with van der Waals surface area (Å²) in [7, 11) is 2.91. The first kappa shape index (κ1) is 33.7. The van der Waals surface area contributed by atoms with Gasteiger partial charge in [0, 0.05) is 23.4 Å². The molecule has 0 atom stereocenters. The number of phenols is 1. The summed E-state index contributed by atoms with van der Waals surface area (Å²) in [5.41, 5.74) is 2.79. The van der Waals surface area contributed by atoms with Crippen LogP contribution in [-0.2, 0) is 0 Å². The van der Waals surface area contributed by atoms with Crippen LogP contribution in [0.25, 0.3) is 6.08 Å². The van der Waals surface area contributed by atoms with Crippen LogP contribution in [-0.4, -0.2) is 31.1 Å². The molecule has 206 valence electrons. The van der Waals surface area contributed by atoms with Crippen LogP contribution in [0.5, 0.6) is 17.2 Å². The molecular formula is C31H26Cl2NNaO6. The Kier molecular flexibility index (Phi) is 13.3. The van der Waals surface area contributed by atoms with Crippen molar-refractivity contribution < 1.29 is 58.8 Å². The molecule has 0 aromatic heterocycles. The molecule has 4 rings (SSSR count). The fourth-order valence-corrected chi connectivity index (χ4v) is 4.06. The summed E-state index contributed by atoms with van der Waals surface area (Å²) in [5.74, 6) is -1.07. The van der Waals surface area contributed by atoms with Gasteiger partial charge in [0.2, 0.25) is 0 Å². The van der Waals surface area contributed by atoms with E-state index in [0.29, 0.717) is 27.2 Å². The molecule has 2 N–H and O–H groups in total. The minimum absolute atomic E-state index is 0. The van der Waals surface area contributed by atoms with E-state index in [0.717, 1.165) is 11.1 Å². The number of anilines is 2. The van der Waals surface area contributed by atoms with Gasteiger partial charge in [0.05, 0.1) is 35.9 Å². The zero-order valence-corrected chi connectivity index (χ0v) is 26.4. The molecule has 0 saturated carbocycles. The topological polar surface area (TPSA) is 108 Å². The molecule has 4 aromatic rings. The average molecular weight is 602 g/mol. The van der Waals surface area contributed by atoms with Crippen molar-refractivity contribution in [2.45, 2.75) is 6.92 Å². The van der Waals surface area contributed by atoms with Crippen LogP contribution in [0.1, 0.15) is 31.8 Å². The van der Waals surface area contributed by atoms with E-state index < -0.39 is 5.97 Å². The van der Waals surface area contributed by atoms with Crippen molar-refractivity contribution in [3.63, 3.8) is 0 Å². The minimum Gasteiger partial charge on any atom is -0.545 e. The predicted octanol–water partition coefficient (Wildman–Crippen LogP) is 3.72. The van der Waals surface area contributed by atoms with E-state index in [1.165, 1.54) is 32.4 Å². The summed E-state index contributed by atoms with van der Waals surface area (Å²) >= 11 is 12.2. The molecule has 7 nitrogen and oxygen atoms in total. The fourth-order valence-electron chi connectivity index (χ4n) is 3.60. The standard InChI is InChI=1S/C17H16O4.C14H11Cl2NO2.Na/c1-20-13-10-15(19)17(16(11-13)21-2)14(18)9-8-12-6-4-3-5-7-12;1-8-6-7-10(15)13(12(8)16)17-11-5-3-2-4-9(11)14(18)19;/h3-11,19H,1-2H3;2-7,17H,1H3,(H,18,19);/q;;+1/p-1. The van der Waals surface area contributed by atoms with Crippen molar-refractivity contribution in [1.82, 2.24) is 0 Å². The van der Waals surface area contributed by atoms with Crippen molar-refractivity contribution in [2.75, 3.05) is 19.5 Å². The monoisotopic (exact) mass is 601 g/mol. The molecule has 0 aliphatic heterocycles. The third-order valence-electron chi connectivity index (χ3n) is 5.67. The number of nitrogens with one attached hydrogen (secondary N) is 1. The van der Waals surface area contributed by atoms with E-state index in [4.69, 9.17) is 32.7 Å². The maximum absolute atomic E-state index is 12.3. The smallest absolute Gasteiger partial charge is 0.545 e. The molecular weight excluding hydrogens is 576 g/mol. The Labute approximate surface area is 270 Å². The first-order valence-corrected chi connectivity index (χ1v) is 12.7. The number of aryl methyl sites for hydroxylation is 1. The van der Waals surface area contributed by atoms with E-state index in [1.54, 1.807) is 42.5 Å². The number of benzene rings is 4. The Morgan fingerprint density at radius 3 is 2.22 bits per heavy atom. The Morgan fingerprint density at radius 1 is 0.927 bits per heavy atom. The molecule has 0 aliphatic carbocycles. The van der Waals surface area contributed by atoms with Gasteiger partial charge < -0.3 is 29.8 Å². The summed E-state index contributed by atoms with van der Waals surface area (Å²) < 4.78 is 10.2. The van der Waals surface area contributed by atoms with Crippen molar-refractivity contribution in [3.8, 4) is 17.2 Å². The van der Waals surface area contributed by atoms with Gasteiger partial charge in [-0.15, -0.1) is 0 Å². The second kappa shape index (κ2) is 16.1. The summed E-state index contributed by atoms with van der Waals surface area (Å²) in [6, 6.07) is 22.3. The first-order valence-electron chi connectivity index (χ1n) is 11.9. The van der Waals surface area contributed by atoms with Crippen molar-refractivity contribution in [2.24, 2.45) is 0 Å². The molecule has 0 aliphatic rings. The van der Waals surface area contributed by atoms with Crippen LogP contribution < -0.4 is 49.5 Å². The van der Waals surface area contributed by atoms with E-state index in [2.05, 4.69) is 5.32 Å². The number of ether oxygens (including phenoxy) is 2. The molecule has 0 saturated heterocycles. The summed E-state index contributed by atoms with van der Waals surface area (Å²) in [4.78, 5) is 23.3. The summed E-state index contributed by atoms with van der Waals surface area (Å²) in [6.45, 7) is 1.84. The Morgan fingerprint density at radius 2 is 1.59 bits per heavy atom. The van der Waals surface area contributed by atoms with Crippen LogP contribution in [0.3, 0.4) is 0 Å². The number of hydrogen-bond acceptors (Lipinski definition) is 7. The molecule has 0 amide bonds. The second-order valence-corrected chi connectivity index (χ2v) is 9.13. The van der Waals surface area contributed by atoms with Gasteiger partial charge >= 0.3 is 29.6 Å². The van der Waals surface area contributed by atoms with Gasteiger partial charge in [0.1, 0.15) is 22.8 Å². The molecule has 0 fully saturated rings. The fraction of sp³-hybridized carbons (Fsp3) is 0.0968. The number of carbonyl (C=O) groups is 2. The number of para-hydroxylation sites is 1. The number of carboxylic acids is 1. The number of aromatic carboxylic acids is 1. The van der Waals surface area contributed by atoms with E-state index in [-0.39, 0.29) is 58.0 Å². The van der Waals surface area contributed by atoms with Gasteiger partial charge in [-0.25, -0.2) is 0 Å². The number of halogens is 2. The summed E-state index contributed by atoms with van der Waals surface area (Å²) in [6.07, 6.45) is 3.09. The SMILES string of the molecule is COc1cc(O)c(C(=O)C=Cc2ccccc2)c(OC)c1.Cc1ccc(Cl)c(Nc2ccccc2C(=O)[O-])c1Cl.[Na+]. The molecule has 0 bridgehead atoms. The molecule has 0 unspecified atom stereocenters. The number of phenolic OH excluding ortho intramolecular Hbond substituents is 1. The van der Waals surface area contributed by atoms with Gasteiger partial charge in [-0.1, -0.05) is 83.9 Å². The zero-order chi connectivity index (χ0) is 29.2. The third-order valence-corrected chi connectivity index (χ3v) is 6.48. The number of ketones is 1. The number of allylic oxidation sites excluding steroid dienone is 1. The van der Waals surface area contributed by atoms with Crippen molar-refractivity contribution in [1.29, 1.82) is 0 Å². The van der Waals surface area contributed by atoms with E-state index in [1.807, 2.05) is 37.3 Å². The quantitative estimate of drug-likeness (QED) is 0.180. The van der Waals surface area contributed by atoms with Gasteiger partial charge in [-0.3, -0.25) is 4.79 Å². The average Bonchev–Trinajstić information content (AvgIpc) is 2.96.